The van der Waals surface area contributed by atoms with Gasteiger partial charge in [0.1, 0.15) is 6.61 Å². The number of rotatable bonds is 5. The molecule has 0 saturated carbocycles. The molecule has 1 amide bonds. The zero-order valence-electron chi connectivity index (χ0n) is 13.4. The predicted molar refractivity (Wildman–Crippen MR) is 89.9 cm³/mol. The van der Waals surface area contributed by atoms with Gasteiger partial charge in [-0.2, -0.15) is 0 Å². The zero-order chi connectivity index (χ0) is 17.1. The summed E-state index contributed by atoms with van der Waals surface area (Å²) in [5, 5.41) is 11.3. The average Bonchev–Trinajstić information content (AvgIpc) is 2.92. The molecule has 2 aromatic carbocycles. The molecule has 124 valence electrons. The van der Waals surface area contributed by atoms with Crippen LogP contribution in [0, 0.1) is 5.92 Å². The summed E-state index contributed by atoms with van der Waals surface area (Å²) in [5.41, 5.74) is 4.62. The molecule has 0 fully saturated rings. The van der Waals surface area contributed by atoms with Crippen molar-refractivity contribution < 1.29 is 19.4 Å². The van der Waals surface area contributed by atoms with Gasteiger partial charge in [0.05, 0.1) is 5.92 Å². The quantitative estimate of drug-likeness (QED) is 0.885. The standard InChI is InChI=1S/C19H19NO4/c1-12(18(21)22)10-20-19(23)24-11-17-15-8-4-2-6-13(15)14-7-3-5-9-16(14)17/h2-9,12,17H,10-11H2,1H3,(H,20,23)(H,21,22)/t12-/m0/s1. The van der Waals surface area contributed by atoms with Crippen LogP contribution in [0.15, 0.2) is 48.5 Å². The van der Waals surface area contributed by atoms with Crippen molar-refractivity contribution in [3.05, 3.63) is 59.7 Å². The molecule has 2 N–H and O–H groups in total. The van der Waals surface area contributed by atoms with Crippen molar-refractivity contribution in [2.45, 2.75) is 12.8 Å². The Hall–Kier alpha value is -2.82. The van der Waals surface area contributed by atoms with Crippen molar-refractivity contribution in [3.8, 4) is 11.1 Å². The van der Waals surface area contributed by atoms with E-state index in [0.717, 1.165) is 11.1 Å². The molecule has 1 aliphatic rings. The lowest BCUT2D eigenvalue weighted by molar-refractivity contribution is -0.140. The number of hydrogen-bond acceptors (Lipinski definition) is 3. The topological polar surface area (TPSA) is 75.6 Å². The Morgan fingerprint density at radius 1 is 1.08 bits per heavy atom. The maximum absolute atomic E-state index is 11.8. The van der Waals surface area contributed by atoms with Crippen LogP contribution in [0.5, 0.6) is 0 Å². The lowest BCUT2D eigenvalue weighted by atomic mass is 9.98. The summed E-state index contributed by atoms with van der Waals surface area (Å²) in [5.74, 6) is -1.60. The Morgan fingerprint density at radius 3 is 2.17 bits per heavy atom. The smallest absolute Gasteiger partial charge is 0.407 e. The van der Waals surface area contributed by atoms with E-state index < -0.39 is 18.0 Å². The first-order chi connectivity index (χ1) is 11.6. The molecule has 3 rings (SSSR count). The molecular weight excluding hydrogens is 306 g/mol. The minimum Gasteiger partial charge on any atom is -0.481 e. The number of hydrogen-bond donors (Lipinski definition) is 2. The number of carboxylic acids is 1. The number of carbonyl (C=O) groups is 2. The van der Waals surface area contributed by atoms with Crippen LogP contribution >= 0.6 is 0 Å². The Labute approximate surface area is 140 Å². The van der Waals surface area contributed by atoms with Crippen molar-refractivity contribution >= 4 is 12.1 Å². The number of benzene rings is 2. The van der Waals surface area contributed by atoms with Crippen molar-refractivity contribution in [2.75, 3.05) is 13.2 Å². The van der Waals surface area contributed by atoms with Gasteiger partial charge < -0.3 is 15.2 Å². The van der Waals surface area contributed by atoms with Crippen molar-refractivity contribution in [3.63, 3.8) is 0 Å². The number of carboxylic acid groups (broad SMARTS) is 1. The van der Waals surface area contributed by atoms with Gasteiger partial charge >= 0.3 is 12.1 Å². The molecule has 0 aliphatic heterocycles. The van der Waals surface area contributed by atoms with E-state index in [9.17, 15) is 9.59 Å². The minimum absolute atomic E-state index is 0.0000437. The van der Waals surface area contributed by atoms with Crippen LogP contribution in [-0.4, -0.2) is 30.3 Å². The van der Waals surface area contributed by atoms with Crippen molar-refractivity contribution in [1.29, 1.82) is 0 Å². The van der Waals surface area contributed by atoms with Gasteiger partial charge in [-0.25, -0.2) is 4.79 Å². The summed E-state index contributed by atoms with van der Waals surface area (Å²) < 4.78 is 5.33. The summed E-state index contributed by atoms with van der Waals surface area (Å²) in [4.78, 5) is 22.6. The van der Waals surface area contributed by atoms with Gasteiger partial charge in [0, 0.05) is 12.5 Å². The molecule has 2 aromatic rings. The molecule has 0 aromatic heterocycles. The maximum atomic E-state index is 11.8. The van der Waals surface area contributed by atoms with Gasteiger partial charge in [-0.3, -0.25) is 4.79 Å². The second-order valence-corrected chi connectivity index (χ2v) is 5.95. The van der Waals surface area contributed by atoms with E-state index in [-0.39, 0.29) is 19.1 Å². The molecule has 0 spiro atoms. The van der Waals surface area contributed by atoms with Crippen LogP contribution in [0.1, 0.15) is 24.0 Å². The maximum Gasteiger partial charge on any atom is 0.407 e. The molecule has 0 heterocycles. The fourth-order valence-corrected chi connectivity index (χ4v) is 2.97. The molecule has 0 saturated heterocycles. The molecule has 0 radical (unpaired) electrons. The Morgan fingerprint density at radius 2 is 1.62 bits per heavy atom. The van der Waals surface area contributed by atoms with Gasteiger partial charge in [-0.05, 0) is 22.3 Å². The number of nitrogens with one attached hydrogen (secondary N) is 1. The van der Waals surface area contributed by atoms with Gasteiger partial charge in [-0.1, -0.05) is 55.5 Å². The van der Waals surface area contributed by atoms with Gasteiger partial charge in [0.2, 0.25) is 0 Å². The van der Waals surface area contributed by atoms with Crippen LogP contribution in [0.3, 0.4) is 0 Å². The molecule has 1 aliphatic carbocycles. The second kappa shape index (κ2) is 6.74. The van der Waals surface area contributed by atoms with Crippen LogP contribution in [0.25, 0.3) is 11.1 Å². The molecule has 0 bridgehead atoms. The van der Waals surface area contributed by atoms with Crippen LogP contribution < -0.4 is 5.32 Å². The first kappa shape index (κ1) is 16.1. The number of alkyl carbamates (subject to hydrolysis) is 1. The number of fused-ring (bicyclic) bond motifs is 3. The third-order valence-corrected chi connectivity index (χ3v) is 4.32. The third kappa shape index (κ3) is 3.11. The third-order valence-electron chi connectivity index (χ3n) is 4.32. The normalized spacial score (nSPS) is 13.7. The SMILES string of the molecule is C[C@@H](CNC(=O)OCC1c2ccccc2-c2ccccc21)C(=O)O. The monoisotopic (exact) mass is 325 g/mol. The highest BCUT2D eigenvalue weighted by Crippen LogP contribution is 2.44. The van der Waals surface area contributed by atoms with Crippen LogP contribution in [0.2, 0.25) is 0 Å². The summed E-state index contributed by atoms with van der Waals surface area (Å²) in [7, 11) is 0. The lowest BCUT2D eigenvalue weighted by Gasteiger charge is -2.15. The van der Waals surface area contributed by atoms with Gasteiger partial charge in [0.25, 0.3) is 0 Å². The van der Waals surface area contributed by atoms with Crippen LogP contribution in [-0.2, 0) is 9.53 Å². The fraction of sp³-hybridized carbons (Fsp3) is 0.263. The summed E-state index contributed by atoms with van der Waals surface area (Å²) in [6.07, 6.45) is -0.593. The van der Waals surface area contributed by atoms with E-state index in [0.29, 0.717) is 0 Å². The minimum atomic E-state index is -0.950. The highest BCUT2D eigenvalue weighted by atomic mass is 16.5. The highest BCUT2D eigenvalue weighted by Gasteiger charge is 2.29. The predicted octanol–water partition coefficient (Wildman–Crippen LogP) is 3.25. The molecular formula is C19H19NO4. The van der Waals surface area contributed by atoms with Gasteiger partial charge in [-0.15, -0.1) is 0 Å². The molecule has 5 nitrogen and oxygen atoms in total. The van der Waals surface area contributed by atoms with E-state index in [4.69, 9.17) is 9.84 Å². The average molecular weight is 325 g/mol. The molecule has 0 unspecified atom stereocenters. The van der Waals surface area contributed by atoms with Crippen molar-refractivity contribution in [2.24, 2.45) is 5.92 Å². The molecule has 5 heteroatoms. The summed E-state index contributed by atoms with van der Waals surface area (Å²) in [6.45, 7) is 1.80. The fourth-order valence-electron chi connectivity index (χ4n) is 2.97. The van der Waals surface area contributed by atoms with E-state index >= 15 is 0 Å². The number of ether oxygens (including phenoxy) is 1. The first-order valence-corrected chi connectivity index (χ1v) is 7.89. The molecule has 24 heavy (non-hydrogen) atoms. The first-order valence-electron chi connectivity index (χ1n) is 7.89. The Kier molecular flexibility index (Phi) is 4.51. The van der Waals surface area contributed by atoms with Crippen LogP contribution in [0.4, 0.5) is 4.79 Å². The lowest BCUT2D eigenvalue weighted by Crippen LogP contribution is -2.32. The van der Waals surface area contributed by atoms with E-state index in [1.165, 1.54) is 18.1 Å². The summed E-state index contributed by atoms with van der Waals surface area (Å²) in [6, 6.07) is 16.2. The Bertz CT molecular complexity index is 726. The van der Waals surface area contributed by atoms with E-state index in [1.807, 2.05) is 36.4 Å². The molecule has 1 atom stereocenters. The second-order valence-electron chi connectivity index (χ2n) is 5.95. The number of amides is 1. The number of aliphatic carboxylic acids is 1. The summed E-state index contributed by atoms with van der Waals surface area (Å²) >= 11 is 0. The largest absolute Gasteiger partial charge is 0.481 e. The van der Waals surface area contributed by atoms with Crippen molar-refractivity contribution in [1.82, 2.24) is 5.32 Å². The number of carbonyl (C=O) groups excluding carboxylic acids is 1. The van der Waals surface area contributed by atoms with E-state index in [1.54, 1.807) is 0 Å². The zero-order valence-corrected chi connectivity index (χ0v) is 13.4. The highest BCUT2D eigenvalue weighted by molar-refractivity contribution is 5.79. The van der Waals surface area contributed by atoms with Gasteiger partial charge in [0.15, 0.2) is 0 Å². The Balaban J connectivity index is 1.67. The van der Waals surface area contributed by atoms with E-state index in [2.05, 4.69) is 17.4 Å².